The lowest BCUT2D eigenvalue weighted by Crippen LogP contribution is -2.46. The van der Waals surface area contributed by atoms with Gasteiger partial charge in [-0.15, -0.1) is 0 Å². The lowest BCUT2D eigenvalue weighted by molar-refractivity contribution is 0.0823. The summed E-state index contributed by atoms with van der Waals surface area (Å²) in [5.41, 5.74) is 5.80. The molecule has 0 aliphatic rings. The molecule has 0 saturated carbocycles. The van der Waals surface area contributed by atoms with Crippen molar-refractivity contribution in [3.8, 4) is 0 Å². The van der Waals surface area contributed by atoms with Crippen LogP contribution in [-0.4, -0.2) is 30.1 Å². The van der Waals surface area contributed by atoms with E-state index in [4.69, 9.17) is 10.5 Å². The topological polar surface area (TPSA) is 77.2 Å². The average Bonchev–Trinajstić information content (AvgIpc) is 2.44. The minimum Gasteiger partial charge on any atom is -0.382 e. The van der Waals surface area contributed by atoms with Crippen LogP contribution >= 0.6 is 11.3 Å². The number of hydrogen-bond donors (Lipinski definition) is 2. The lowest BCUT2D eigenvalue weighted by Gasteiger charge is -2.24. The summed E-state index contributed by atoms with van der Waals surface area (Å²) in [7, 11) is 1.60. The van der Waals surface area contributed by atoms with Gasteiger partial charge in [-0.2, -0.15) is 0 Å². The van der Waals surface area contributed by atoms with Crippen molar-refractivity contribution in [2.75, 3.05) is 19.5 Å². The van der Waals surface area contributed by atoms with Gasteiger partial charge in [0.05, 0.1) is 17.8 Å². The van der Waals surface area contributed by atoms with Crippen molar-refractivity contribution >= 4 is 22.4 Å². The molecule has 0 aromatic carbocycles. The van der Waals surface area contributed by atoms with Crippen LogP contribution < -0.4 is 11.1 Å². The lowest BCUT2D eigenvalue weighted by atomic mass is 10.1. The first-order chi connectivity index (χ1) is 7.35. The van der Waals surface area contributed by atoms with Crippen LogP contribution in [0.25, 0.3) is 0 Å². The third-order valence-corrected chi connectivity index (χ3v) is 2.96. The number of aromatic nitrogens is 1. The molecule has 0 aliphatic carbocycles. The Bertz CT molecular complexity index is 387. The summed E-state index contributed by atoms with van der Waals surface area (Å²) in [6.07, 6.45) is 0. The van der Waals surface area contributed by atoms with Gasteiger partial charge in [-0.05, 0) is 20.8 Å². The molecule has 0 unspecified atom stereocenters. The highest BCUT2D eigenvalue weighted by atomic mass is 32.1. The molecule has 6 heteroatoms. The van der Waals surface area contributed by atoms with Crippen LogP contribution in [-0.2, 0) is 4.74 Å². The summed E-state index contributed by atoms with van der Waals surface area (Å²) < 4.78 is 5.03. The van der Waals surface area contributed by atoms with Crippen molar-refractivity contribution in [1.29, 1.82) is 0 Å². The smallest absolute Gasteiger partial charge is 0.263 e. The Morgan fingerprint density at radius 2 is 2.25 bits per heavy atom. The first-order valence-corrected chi connectivity index (χ1v) is 5.72. The number of hydrogen-bond acceptors (Lipinski definition) is 5. The monoisotopic (exact) mass is 243 g/mol. The summed E-state index contributed by atoms with van der Waals surface area (Å²) in [5.74, 6) is -0.159. The molecule has 0 saturated heterocycles. The maximum atomic E-state index is 11.9. The van der Waals surface area contributed by atoms with Crippen LogP contribution in [0.1, 0.15) is 29.2 Å². The van der Waals surface area contributed by atoms with E-state index in [0.29, 0.717) is 22.3 Å². The van der Waals surface area contributed by atoms with E-state index in [1.807, 2.05) is 13.8 Å². The molecule has 0 bridgehead atoms. The van der Waals surface area contributed by atoms with Crippen LogP contribution in [0.2, 0.25) is 0 Å². The van der Waals surface area contributed by atoms with E-state index in [1.165, 1.54) is 11.3 Å². The third kappa shape index (κ3) is 3.18. The average molecular weight is 243 g/mol. The van der Waals surface area contributed by atoms with Crippen LogP contribution in [0.3, 0.4) is 0 Å². The molecule has 1 aromatic heterocycles. The molecule has 1 heterocycles. The number of methoxy groups -OCH3 is 1. The number of nitrogens with one attached hydrogen (secondary N) is 1. The highest BCUT2D eigenvalue weighted by Crippen LogP contribution is 2.20. The standard InChI is InChI=1S/C10H17N3O2S/c1-6-7(16-9(11)12-6)8(14)13-10(2,3)5-15-4/h5H2,1-4H3,(H2,11,12)(H,13,14). The van der Waals surface area contributed by atoms with Crippen molar-refractivity contribution in [3.63, 3.8) is 0 Å². The number of thiazole rings is 1. The van der Waals surface area contributed by atoms with Crippen molar-refractivity contribution in [2.45, 2.75) is 26.3 Å². The van der Waals surface area contributed by atoms with E-state index in [-0.39, 0.29) is 5.91 Å². The Balaban J connectivity index is 2.76. The Morgan fingerprint density at radius 1 is 1.62 bits per heavy atom. The molecular formula is C10H17N3O2S. The molecule has 16 heavy (non-hydrogen) atoms. The predicted octanol–water partition coefficient (Wildman–Crippen LogP) is 1.19. The molecule has 3 N–H and O–H groups in total. The molecule has 0 radical (unpaired) electrons. The molecule has 0 aliphatic heterocycles. The van der Waals surface area contributed by atoms with Gasteiger partial charge in [0.25, 0.3) is 5.91 Å². The van der Waals surface area contributed by atoms with Gasteiger partial charge < -0.3 is 15.8 Å². The largest absolute Gasteiger partial charge is 0.382 e. The molecule has 1 aromatic rings. The predicted molar refractivity (Wildman–Crippen MR) is 64.7 cm³/mol. The molecule has 1 amide bonds. The van der Waals surface area contributed by atoms with Gasteiger partial charge in [0, 0.05) is 7.11 Å². The number of nitrogens with two attached hydrogens (primary N) is 1. The number of ether oxygens (including phenoxy) is 1. The van der Waals surface area contributed by atoms with Crippen LogP contribution in [0.5, 0.6) is 0 Å². The number of carbonyl (C=O) groups excluding carboxylic acids is 1. The SMILES string of the molecule is COCC(C)(C)NC(=O)c1sc(N)nc1C. The molecule has 0 fully saturated rings. The molecule has 0 spiro atoms. The Labute approximate surface area is 99.0 Å². The Kier molecular flexibility index (Phi) is 3.88. The van der Waals surface area contributed by atoms with E-state index in [9.17, 15) is 4.79 Å². The highest BCUT2D eigenvalue weighted by Gasteiger charge is 2.23. The van der Waals surface area contributed by atoms with Crippen molar-refractivity contribution in [1.82, 2.24) is 10.3 Å². The number of carbonyl (C=O) groups is 1. The molecule has 90 valence electrons. The number of nitrogens with zero attached hydrogens (tertiary/aromatic N) is 1. The molecule has 5 nitrogen and oxygen atoms in total. The minimum absolute atomic E-state index is 0.159. The second-order valence-electron chi connectivity index (χ2n) is 4.24. The van der Waals surface area contributed by atoms with Crippen LogP contribution in [0.4, 0.5) is 5.13 Å². The van der Waals surface area contributed by atoms with Crippen molar-refractivity contribution in [2.24, 2.45) is 0 Å². The van der Waals surface area contributed by atoms with Crippen molar-refractivity contribution in [3.05, 3.63) is 10.6 Å². The Morgan fingerprint density at radius 3 is 2.69 bits per heavy atom. The van der Waals surface area contributed by atoms with Crippen molar-refractivity contribution < 1.29 is 9.53 Å². The minimum atomic E-state index is -0.406. The summed E-state index contributed by atoms with van der Waals surface area (Å²) in [6, 6.07) is 0. The van der Waals surface area contributed by atoms with E-state index < -0.39 is 5.54 Å². The summed E-state index contributed by atoms with van der Waals surface area (Å²) in [4.78, 5) is 16.5. The second-order valence-corrected chi connectivity index (χ2v) is 5.27. The van der Waals surface area contributed by atoms with Gasteiger partial charge in [0.15, 0.2) is 5.13 Å². The van der Waals surface area contributed by atoms with Gasteiger partial charge in [0.2, 0.25) is 0 Å². The first kappa shape index (κ1) is 12.9. The van der Waals surface area contributed by atoms with Gasteiger partial charge in [0.1, 0.15) is 4.88 Å². The fraction of sp³-hybridized carbons (Fsp3) is 0.600. The van der Waals surface area contributed by atoms with E-state index >= 15 is 0 Å². The first-order valence-electron chi connectivity index (χ1n) is 4.90. The molecule has 1 rings (SSSR count). The third-order valence-electron chi connectivity index (χ3n) is 1.98. The quantitative estimate of drug-likeness (QED) is 0.832. The Hall–Kier alpha value is -1.14. The van der Waals surface area contributed by atoms with E-state index in [2.05, 4.69) is 10.3 Å². The van der Waals surface area contributed by atoms with Crippen LogP contribution in [0, 0.1) is 6.92 Å². The number of rotatable bonds is 4. The second kappa shape index (κ2) is 4.80. The maximum Gasteiger partial charge on any atom is 0.263 e. The number of nitrogen functional groups attached to an aromatic ring is 1. The van der Waals surface area contributed by atoms with E-state index in [0.717, 1.165) is 0 Å². The highest BCUT2D eigenvalue weighted by molar-refractivity contribution is 7.17. The van der Waals surface area contributed by atoms with Gasteiger partial charge in [-0.25, -0.2) is 4.98 Å². The maximum absolute atomic E-state index is 11.9. The van der Waals surface area contributed by atoms with Crippen LogP contribution in [0.15, 0.2) is 0 Å². The van der Waals surface area contributed by atoms with Gasteiger partial charge in [-0.3, -0.25) is 4.79 Å². The fourth-order valence-electron chi connectivity index (χ4n) is 1.39. The summed E-state index contributed by atoms with van der Waals surface area (Å²) in [5, 5.41) is 3.29. The summed E-state index contributed by atoms with van der Waals surface area (Å²) in [6.45, 7) is 6.01. The number of anilines is 1. The van der Waals surface area contributed by atoms with Gasteiger partial charge >= 0.3 is 0 Å². The zero-order chi connectivity index (χ0) is 12.3. The fourth-order valence-corrected chi connectivity index (χ4v) is 2.12. The van der Waals surface area contributed by atoms with E-state index in [1.54, 1.807) is 14.0 Å². The summed E-state index contributed by atoms with van der Waals surface area (Å²) >= 11 is 1.20. The number of aryl methyl sites for hydroxylation is 1. The normalized spacial score (nSPS) is 11.5. The molecular weight excluding hydrogens is 226 g/mol. The molecule has 0 atom stereocenters. The van der Waals surface area contributed by atoms with Gasteiger partial charge in [-0.1, -0.05) is 11.3 Å². The zero-order valence-electron chi connectivity index (χ0n) is 9.96. The number of amides is 1. The zero-order valence-corrected chi connectivity index (χ0v) is 10.8.